The highest BCUT2D eigenvalue weighted by molar-refractivity contribution is 5.73. The van der Waals surface area contributed by atoms with Crippen LogP contribution in [0.3, 0.4) is 0 Å². The number of ether oxygens (including phenoxy) is 1. The maximum atomic E-state index is 11.1. The molecule has 1 unspecified atom stereocenters. The van der Waals surface area contributed by atoms with Crippen LogP contribution in [0.4, 0.5) is 0 Å². The summed E-state index contributed by atoms with van der Waals surface area (Å²) in [6.45, 7) is 6.05. The number of rotatable bonds is 4. The molecule has 0 radical (unpaired) electrons. The lowest BCUT2D eigenvalue weighted by molar-refractivity contribution is -0.141. The third-order valence-electron chi connectivity index (χ3n) is 2.18. The molecule has 90 valence electrons. The molecule has 4 nitrogen and oxygen atoms in total. The van der Waals surface area contributed by atoms with E-state index in [1.807, 2.05) is 26.8 Å². The third kappa shape index (κ3) is 4.49. The van der Waals surface area contributed by atoms with Crippen molar-refractivity contribution in [3.8, 4) is 0 Å². The minimum absolute atomic E-state index is 0.0374. The van der Waals surface area contributed by atoms with Crippen molar-refractivity contribution in [3.63, 3.8) is 0 Å². The zero-order valence-corrected chi connectivity index (χ0v) is 9.93. The van der Waals surface area contributed by atoms with Gasteiger partial charge in [-0.3, -0.25) is 10.1 Å². The molecular formula is C12H19NO3. The van der Waals surface area contributed by atoms with E-state index >= 15 is 0 Å². The summed E-state index contributed by atoms with van der Waals surface area (Å²) in [4.78, 5) is 11.1. The van der Waals surface area contributed by atoms with Gasteiger partial charge in [-0.05, 0) is 24.0 Å². The zero-order valence-electron chi connectivity index (χ0n) is 9.93. The van der Waals surface area contributed by atoms with E-state index in [9.17, 15) is 4.79 Å². The summed E-state index contributed by atoms with van der Waals surface area (Å²) >= 11 is 0. The maximum Gasteiger partial charge on any atom is 0.320 e. The zero-order chi connectivity index (χ0) is 12.2. The molecular weight excluding hydrogens is 206 g/mol. The number of carbonyl (C=O) groups is 1. The minimum atomic E-state index is -0.846. The highest BCUT2D eigenvalue weighted by Gasteiger charge is 2.26. The van der Waals surface area contributed by atoms with Crippen LogP contribution in [0.5, 0.6) is 0 Å². The van der Waals surface area contributed by atoms with Crippen LogP contribution in [-0.2, 0) is 9.53 Å². The van der Waals surface area contributed by atoms with Crippen molar-refractivity contribution >= 4 is 5.97 Å². The smallest absolute Gasteiger partial charge is 0.320 e. The van der Waals surface area contributed by atoms with Gasteiger partial charge in [0.15, 0.2) is 6.23 Å². The summed E-state index contributed by atoms with van der Waals surface area (Å²) in [6, 6.07) is -0.596. The van der Waals surface area contributed by atoms with Gasteiger partial charge in [0, 0.05) is 0 Å². The summed E-state index contributed by atoms with van der Waals surface area (Å²) in [7, 11) is 0. The second kappa shape index (κ2) is 5.16. The van der Waals surface area contributed by atoms with Crippen LogP contribution in [0.15, 0.2) is 24.5 Å². The van der Waals surface area contributed by atoms with Crippen molar-refractivity contribution < 1.29 is 14.6 Å². The van der Waals surface area contributed by atoms with Gasteiger partial charge in [0.1, 0.15) is 6.04 Å². The number of hydrogen-bond donors (Lipinski definition) is 2. The molecule has 0 aromatic heterocycles. The molecule has 4 heteroatoms. The predicted octanol–water partition coefficient (Wildman–Crippen LogP) is 1.89. The fourth-order valence-electron chi connectivity index (χ4n) is 1.51. The van der Waals surface area contributed by atoms with Crippen molar-refractivity contribution in [2.24, 2.45) is 5.41 Å². The van der Waals surface area contributed by atoms with Crippen LogP contribution >= 0.6 is 0 Å². The fourth-order valence-corrected chi connectivity index (χ4v) is 1.51. The van der Waals surface area contributed by atoms with Crippen molar-refractivity contribution in [3.05, 3.63) is 24.5 Å². The molecule has 0 bridgehead atoms. The first-order chi connectivity index (χ1) is 7.38. The molecule has 1 aliphatic rings. The van der Waals surface area contributed by atoms with Crippen LogP contribution < -0.4 is 5.32 Å². The van der Waals surface area contributed by atoms with Crippen molar-refractivity contribution in [2.75, 3.05) is 0 Å². The van der Waals surface area contributed by atoms with E-state index < -0.39 is 12.0 Å². The van der Waals surface area contributed by atoms with Crippen molar-refractivity contribution in [1.82, 2.24) is 5.32 Å². The predicted molar refractivity (Wildman–Crippen MR) is 61.8 cm³/mol. The molecule has 1 rings (SSSR count). The van der Waals surface area contributed by atoms with Crippen molar-refractivity contribution in [1.29, 1.82) is 0 Å². The van der Waals surface area contributed by atoms with E-state index in [1.54, 1.807) is 18.4 Å². The third-order valence-corrected chi connectivity index (χ3v) is 2.18. The first kappa shape index (κ1) is 12.8. The SMILES string of the molecule is CC(C)(C)C[C@H](NC1C=CC=CO1)C(=O)O. The van der Waals surface area contributed by atoms with E-state index in [2.05, 4.69) is 5.32 Å². The minimum Gasteiger partial charge on any atom is -0.480 e. The number of hydrogen-bond acceptors (Lipinski definition) is 3. The fraction of sp³-hybridized carbons (Fsp3) is 0.583. The van der Waals surface area contributed by atoms with Crippen LogP contribution in [0.25, 0.3) is 0 Å². The molecule has 0 fully saturated rings. The second-order valence-electron chi connectivity index (χ2n) is 5.09. The van der Waals surface area contributed by atoms with Gasteiger partial charge in [-0.1, -0.05) is 26.8 Å². The van der Waals surface area contributed by atoms with E-state index in [4.69, 9.17) is 9.84 Å². The topological polar surface area (TPSA) is 58.6 Å². The molecule has 0 spiro atoms. The average Bonchev–Trinajstić information content (AvgIpc) is 2.16. The van der Waals surface area contributed by atoms with Crippen LogP contribution in [0, 0.1) is 5.41 Å². The Morgan fingerprint density at radius 1 is 1.50 bits per heavy atom. The van der Waals surface area contributed by atoms with Gasteiger partial charge in [0.05, 0.1) is 6.26 Å². The molecule has 2 N–H and O–H groups in total. The quantitative estimate of drug-likeness (QED) is 0.767. The van der Waals surface area contributed by atoms with Crippen molar-refractivity contribution in [2.45, 2.75) is 39.5 Å². The Morgan fingerprint density at radius 2 is 2.19 bits per heavy atom. The summed E-state index contributed by atoms with van der Waals surface area (Å²) in [6.07, 6.45) is 7.13. The summed E-state index contributed by atoms with van der Waals surface area (Å²) in [5.74, 6) is -0.846. The first-order valence-corrected chi connectivity index (χ1v) is 5.36. The summed E-state index contributed by atoms with van der Waals surface area (Å²) in [5, 5.41) is 12.1. The van der Waals surface area contributed by atoms with Gasteiger partial charge in [0.25, 0.3) is 0 Å². The second-order valence-corrected chi connectivity index (χ2v) is 5.09. The molecule has 2 atom stereocenters. The molecule has 1 heterocycles. The van der Waals surface area contributed by atoms with Gasteiger partial charge < -0.3 is 9.84 Å². The lowest BCUT2D eigenvalue weighted by atomic mass is 9.88. The number of carboxylic acid groups (broad SMARTS) is 1. The van der Waals surface area contributed by atoms with Gasteiger partial charge in [0.2, 0.25) is 0 Å². The Hall–Kier alpha value is -1.29. The lowest BCUT2D eigenvalue weighted by Crippen LogP contribution is -2.45. The molecule has 0 saturated carbocycles. The Balaban J connectivity index is 2.54. The normalized spacial score (nSPS) is 21.6. The van der Waals surface area contributed by atoms with E-state index in [-0.39, 0.29) is 11.6 Å². The van der Waals surface area contributed by atoms with Gasteiger partial charge in [-0.25, -0.2) is 0 Å². The number of aliphatic carboxylic acids is 1. The molecule has 0 aliphatic carbocycles. The lowest BCUT2D eigenvalue weighted by Gasteiger charge is -2.27. The van der Waals surface area contributed by atoms with E-state index in [0.29, 0.717) is 6.42 Å². The van der Waals surface area contributed by atoms with E-state index in [1.165, 1.54) is 0 Å². The summed E-state index contributed by atoms with van der Waals surface area (Å²) < 4.78 is 5.23. The molecule has 0 aromatic rings. The Kier molecular flexibility index (Phi) is 4.12. The molecule has 1 aliphatic heterocycles. The Bertz CT molecular complexity index is 302. The monoisotopic (exact) mass is 225 g/mol. The van der Waals surface area contributed by atoms with Gasteiger partial charge >= 0.3 is 5.97 Å². The average molecular weight is 225 g/mol. The van der Waals surface area contributed by atoms with Crippen LogP contribution in [0.1, 0.15) is 27.2 Å². The van der Waals surface area contributed by atoms with Crippen LogP contribution in [0.2, 0.25) is 0 Å². The first-order valence-electron chi connectivity index (χ1n) is 5.36. The van der Waals surface area contributed by atoms with Gasteiger partial charge in [-0.2, -0.15) is 0 Å². The summed E-state index contributed by atoms with van der Waals surface area (Å²) in [5.41, 5.74) is -0.0374. The van der Waals surface area contributed by atoms with E-state index in [0.717, 1.165) is 0 Å². The standard InChI is InChI=1S/C12H19NO3/c1-12(2,3)8-9(11(14)15)13-10-6-4-5-7-16-10/h4-7,9-10,13H,8H2,1-3H3,(H,14,15)/t9-,10?/m0/s1. The molecule has 0 saturated heterocycles. The maximum absolute atomic E-state index is 11.1. The Labute approximate surface area is 96.0 Å². The van der Waals surface area contributed by atoms with Crippen LogP contribution in [-0.4, -0.2) is 23.3 Å². The highest BCUT2D eigenvalue weighted by atomic mass is 16.5. The number of carboxylic acids is 1. The highest BCUT2D eigenvalue weighted by Crippen LogP contribution is 2.21. The number of nitrogens with one attached hydrogen (secondary N) is 1. The number of allylic oxidation sites excluding steroid dienone is 2. The Morgan fingerprint density at radius 3 is 2.62 bits per heavy atom. The molecule has 0 aromatic carbocycles. The molecule has 16 heavy (non-hydrogen) atoms. The largest absolute Gasteiger partial charge is 0.480 e. The molecule has 0 amide bonds. The van der Waals surface area contributed by atoms with Gasteiger partial charge in [-0.15, -0.1) is 0 Å².